The van der Waals surface area contributed by atoms with Crippen molar-refractivity contribution in [1.29, 1.82) is 0 Å². The predicted octanol–water partition coefficient (Wildman–Crippen LogP) is 9.64. The lowest BCUT2D eigenvalue weighted by Crippen LogP contribution is -2.23. The molecule has 1 aromatic rings. The second-order valence-corrected chi connectivity index (χ2v) is 13.3. The molecule has 33 heavy (non-hydrogen) atoms. The van der Waals surface area contributed by atoms with Gasteiger partial charge in [0.05, 0.1) is 14.2 Å². The Balaban J connectivity index is 2.18. The number of unbranched alkanes of at least 4 members (excludes halogenated alkanes) is 6. The molecule has 0 heterocycles. The van der Waals surface area contributed by atoms with Gasteiger partial charge in [-0.3, -0.25) is 4.79 Å². The van der Waals surface area contributed by atoms with E-state index < -0.39 is 0 Å². The van der Waals surface area contributed by atoms with Gasteiger partial charge in [0, 0.05) is 31.3 Å². The highest BCUT2D eigenvalue weighted by Crippen LogP contribution is 2.31. The fraction of sp³-hybridized carbons (Fsp3) is 0.731. The van der Waals surface area contributed by atoms with Crippen LogP contribution in [0.5, 0.6) is 11.5 Å². The molecule has 0 spiro atoms. The summed E-state index contributed by atoms with van der Waals surface area (Å²) in [6, 6.07) is 5.38. The van der Waals surface area contributed by atoms with Gasteiger partial charge in [-0.05, 0) is 43.9 Å². The van der Waals surface area contributed by atoms with Gasteiger partial charge in [0.25, 0.3) is 0 Å². The number of hydrogen-bond donors (Lipinski definition) is 0. The van der Waals surface area contributed by atoms with E-state index in [2.05, 4.69) is 70.6 Å². The van der Waals surface area contributed by atoms with Gasteiger partial charge >= 0.3 is 0 Å². The third-order valence-corrected chi connectivity index (χ3v) is 11.5. The summed E-state index contributed by atoms with van der Waals surface area (Å²) in [7, 11) is 3.19. The number of Topliss-reactive ketones (excluding diaryl/α,β-unsaturated/α-hetero) is 1. The lowest BCUT2D eigenvalue weighted by Gasteiger charge is -2.23. The molecule has 3 nitrogen and oxygen atoms in total. The van der Waals surface area contributed by atoms with Crippen molar-refractivity contribution in [1.82, 2.24) is 0 Å². The summed E-state index contributed by atoms with van der Waals surface area (Å²) in [5, 5.41) is 0. The summed E-state index contributed by atoms with van der Waals surface area (Å²) in [4.78, 5) is 14.4. The van der Waals surface area contributed by atoms with Crippen molar-refractivity contribution in [2.24, 2.45) is 0 Å². The van der Waals surface area contributed by atoms with Crippen LogP contribution in [0.25, 0.3) is 0 Å². The van der Waals surface area contributed by atoms with Crippen LogP contribution in [0, 0.1) is 0 Å². The Kier molecular flexibility index (Phi) is 17.8. The molecule has 0 aliphatic heterocycles. The highest BCUT2D eigenvalue weighted by atomic mass is 79.9. The van der Waals surface area contributed by atoms with Gasteiger partial charge in [-0.25, -0.2) is 0 Å². The van der Waals surface area contributed by atoms with Gasteiger partial charge in [0.15, 0.2) is 17.3 Å². The van der Waals surface area contributed by atoms with E-state index in [9.17, 15) is 4.79 Å². The minimum atomic E-state index is 0.169. The quantitative estimate of drug-likeness (QED) is 0.0812. The van der Waals surface area contributed by atoms with Crippen molar-refractivity contribution in [3.8, 4) is 11.5 Å². The molecule has 7 heteroatoms. The van der Waals surface area contributed by atoms with E-state index in [0.717, 1.165) is 19.3 Å². The minimum absolute atomic E-state index is 0.169. The monoisotopic (exact) mass is 716 g/mol. The van der Waals surface area contributed by atoms with Crippen LogP contribution >= 0.6 is 63.7 Å². The topological polar surface area (TPSA) is 35.5 Å². The molecule has 0 bridgehead atoms. The first-order chi connectivity index (χ1) is 15.8. The molecule has 0 amide bonds. The highest BCUT2D eigenvalue weighted by molar-refractivity contribution is 9.13. The second-order valence-electron chi connectivity index (χ2n) is 8.59. The van der Waals surface area contributed by atoms with Crippen LogP contribution in [0.1, 0.15) is 94.3 Å². The molecule has 0 fully saturated rings. The number of rotatable bonds is 19. The second kappa shape index (κ2) is 18.6. The molecule has 0 saturated heterocycles. The number of benzene rings is 1. The molecule has 4 unspecified atom stereocenters. The Hall–Kier alpha value is 0.410. The van der Waals surface area contributed by atoms with Crippen molar-refractivity contribution >= 4 is 69.5 Å². The highest BCUT2D eigenvalue weighted by Gasteiger charge is 2.23. The number of methoxy groups -OCH3 is 2. The first kappa shape index (κ1) is 31.4. The molecule has 0 aliphatic carbocycles. The summed E-state index contributed by atoms with van der Waals surface area (Å²) in [5.74, 6) is 1.42. The third kappa shape index (κ3) is 12.8. The van der Waals surface area contributed by atoms with E-state index in [1.807, 2.05) is 6.07 Å². The molecule has 0 aromatic heterocycles. The van der Waals surface area contributed by atoms with Gasteiger partial charge < -0.3 is 9.47 Å². The van der Waals surface area contributed by atoms with Crippen molar-refractivity contribution in [2.75, 3.05) is 14.2 Å². The van der Waals surface area contributed by atoms with Gasteiger partial charge in [-0.15, -0.1) is 0 Å². The van der Waals surface area contributed by atoms with Crippen molar-refractivity contribution < 1.29 is 14.3 Å². The van der Waals surface area contributed by atoms with Crippen LogP contribution < -0.4 is 9.47 Å². The molecule has 0 aliphatic rings. The van der Waals surface area contributed by atoms with Gasteiger partial charge in [0.2, 0.25) is 0 Å². The van der Waals surface area contributed by atoms with Crippen LogP contribution in [0.15, 0.2) is 18.2 Å². The Bertz CT molecular complexity index is 671. The summed E-state index contributed by atoms with van der Waals surface area (Å²) in [5.41, 5.74) is 0.694. The first-order valence-electron chi connectivity index (χ1n) is 12.2. The number of ether oxygens (including phenoxy) is 2. The average molecular weight is 720 g/mol. The third-order valence-electron chi connectivity index (χ3n) is 5.91. The molecule has 0 radical (unpaired) electrons. The van der Waals surface area contributed by atoms with Crippen molar-refractivity contribution in [3.63, 3.8) is 0 Å². The lowest BCUT2D eigenvalue weighted by molar-refractivity contribution is 0.0978. The number of alkyl halides is 4. The summed E-state index contributed by atoms with van der Waals surface area (Å²) in [6.45, 7) is 2.25. The Labute approximate surface area is 235 Å². The normalized spacial score (nSPS) is 15.0. The van der Waals surface area contributed by atoms with Gasteiger partial charge in [0.1, 0.15) is 0 Å². The maximum absolute atomic E-state index is 12.5. The Morgan fingerprint density at radius 2 is 1.30 bits per heavy atom. The maximum atomic E-state index is 12.5. The number of hydrogen-bond acceptors (Lipinski definition) is 3. The SMILES string of the molecule is CCCCCC(Br)C(Br)CC(Br)C(Br)CCCCCCCC(=O)c1ccc(OC)c(OC)c1. The Morgan fingerprint density at radius 1 is 0.758 bits per heavy atom. The molecule has 190 valence electrons. The van der Waals surface area contributed by atoms with Crippen molar-refractivity contribution in [3.05, 3.63) is 23.8 Å². The number of carbonyl (C=O) groups excluding carboxylic acids is 1. The van der Waals surface area contributed by atoms with E-state index in [-0.39, 0.29) is 5.78 Å². The number of carbonyl (C=O) groups is 1. The average Bonchev–Trinajstić information content (AvgIpc) is 2.82. The first-order valence-corrected chi connectivity index (χ1v) is 15.8. The van der Waals surface area contributed by atoms with Crippen molar-refractivity contribution in [2.45, 2.75) is 103 Å². The maximum Gasteiger partial charge on any atom is 0.163 e. The molecule has 1 rings (SSSR count). The van der Waals surface area contributed by atoms with Gasteiger partial charge in [-0.2, -0.15) is 0 Å². The zero-order valence-corrected chi connectivity index (χ0v) is 26.6. The number of halogens is 4. The fourth-order valence-corrected chi connectivity index (χ4v) is 6.69. The van der Waals surface area contributed by atoms with E-state index in [1.165, 1.54) is 51.4 Å². The van der Waals surface area contributed by atoms with Crippen LogP contribution in [0.2, 0.25) is 0 Å². The zero-order valence-electron chi connectivity index (χ0n) is 20.3. The molecule has 4 atom stereocenters. The zero-order chi connectivity index (χ0) is 24.6. The number of ketones is 1. The predicted molar refractivity (Wildman–Crippen MR) is 156 cm³/mol. The Morgan fingerprint density at radius 3 is 1.88 bits per heavy atom. The van der Waals surface area contributed by atoms with Gasteiger partial charge in [-0.1, -0.05) is 116 Å². The fourth-order valence-electron chi connectivity index (χ4n) is 3.77. The summed E-state index contributed by atoms with van der Waals surface area (Å²) >= 11 is 15.5. The minimum Gasteiger partial charge on any atom is -0.493 e. The molecular formula is C26H40Br4O3. The standard InChI is InChI=1S/C26H40Br4O3/c1-4-5-9-12-20(27)22(29)18-23(30)21(28)13-10-7-6-8-11-14-24(31)19-15-16-25(32-2)26(17-19)33-3/h15-17,20-23H,4-14,18H2,1-3H3. The van der Waals surface area contributed by atoms with Crippen LogP contribution in [-0.4, -0.2) is 39.3 Å². The van der Waals surface area contributed by atoms with Crippen LogP contribution in [-0.2, 0) is 0 Å². The summed E-state index contributed by atoms with van der Waals surface area (Å²) < 4.78 is 10.5. The van der Waals surface area contributed by atoms with E-state index in [0.29, 0.717) is 42.8 Å². The molecule has 1 aromatic carbocycles. The largest absolute Gasteiger partial charge is 0.493 e. The van der Waals surface area contributed by atoms with E-state index in [1.54, 1.807) is 26.4 Å². The summed E-state index contributed by atoms with van der Waals surface area (Å²) in [6.07, 6.45) is 13.6. The smallest absolute Gasteiger partial charge is 0.163 e. The van der Waals surface area contributed by atoms with Crippen LogP contribution in [0.3, 0.4) is 0 Å². The molecule has 0 N–H and O–H groups in total. The molecular weight excluding hydrogens is 680 g/mol. The molecule has 0 saturated carbocycles. The van der Waals surface area contributed by atoms with E-state index >= 15 is 0 Å². The lowest BCUT2D eigenvalue weighted by atomic mass is 10.0. The van der Waals surface area contributed by atoms with E-state index in [4.69, 9.17) is 9.47 Å². The van der Waals surface area contributed by atoms with Crippen LogP contribution in [0.4, 0.5) is 0 Å².